The number of pyridine rings is 1. The average Bonchev–Trinajstić information content (AvgIpc) is 3.16. The number of aromatic nitrogens is 5. The molecule has 0 amide bonds. The van der Waals surface area contributed by atoms with E-state index in [9.17, 15) is 0 Å². The molecule has 0 aliphatic heterocycles. The molecule has 0 aliphatic rings. The van der Waals surface area contributed by atoms with Gasteiger partial charge in [-0.1, -0.05) is 12.1 Å². The number of H-pyrrole nitrogens is 1. The highest BCUT2D eigenvalue weighted by atomic mass is 15.1. The van der Waals surface area contributed by atoms with Gasteiger partial charge in [0.1, 0.15) is 5.82 Å². The lowest BCUT2D eigenvalue weighted by Gasteiger charge is -2.09. The zero-order valence-electron chi connectivity index (χ0n) is 14.2. The zero-order chi connectivity index (χ0) is 18.2. The maximum atomic E-state index is 6.20. The quantitative estimate of drug-likeness (QED) is 0.454. The summed E-state index contributed by atoms with van der Waals surface area (Å²) in [6.45, 7) is 0. The van der Waals surface area contributed by atoms with Gasteiger partial charge in [0.05, 0.1) is 17.2 Å². The smallest absolute Gasteiger partial charge is 0.229 e. The van der Waals surface area contributed by atoms with E-state index in [1.807, 2.05) is 48.5 Å². The molecule has 7 heteroatoms. The average molecular weight is 353 g/mol. The molecule has 0 atom stereocenters. The molecule has 0 unspecified atom stereocenters. The SMILES string of the molecule is Nc1nc(Nc2ccc3cn[nH]c3c2)ncc1-c1ccc2ncccc2c1. The Morgan fingerprint density at radius 1 is 0.926 bits per heavy atom. The predicted molar refractivity (Wildman–Crippen MR) is 107 cm³/mol. The fraction of sp³-hybridized carbons (Fsp3) is 0. The van der Waals surface area contributed by atoms with E-state index in [0.29, 0.717) is 11.8 Å². The van der Waals surface area contributed by atoms with Crippen LogP contribution < -0.4 is 11.1 Å². The van der Waals surface area contributed by atoms with Gasteiger partial charge in [0, 0.05) is 34.4 Å². The van der Waals surface area contributed by atoms with Gasteiger partial charge in [-0.2, -0.15) is 10.1 Å². The van der Waals surface area contributed by atoms with Crippen molar-refractivity contribution in [1.29, 1.82) is 0 Å². The van der Waals surface area contributed by atoms with Gasteiger partial charge in [-0.3, -0.25) is 10.1 Å². The number of nitrogens with one attached hydrogen (secondary N) is 2. The summed E-state index contributed by atoms with van der Waals surface area (Å²) >= 11 is 0. The lowest BCUT2D eigenvalue weighted by Crippen LogP contribution is -2.02. The van der Waals surface area contributed by atoms with Crippen LogP contribution in [-0.2, 0) is 0 Å². The van der Waals surface area contributed by atoms with Crippen LogP contribution in [0.2, 0.25) is 0 Å². The molecule has 0 bridgehead atoms. The van der Waals surface area contributed by atoms with Crippen molar-refractivity contribution in [1.82, 2.24) is 25.1 Å². The predicted octanol–water partition coefficient (Wildman–Crippen LogP) is 3.89. The molecular formula is C20H15N7. The Balaban J connectivity index is 1.47. The normalized spacial score (nSPS) is 11.1. The molecule has 7 nitrogen and oxygen atoms in total. The number of anilines is 3. The Labute approximate surface area is 154 Å². The maximum Gasteiger partial charge on any atom is 0.229 e. The monoisotopic (exact) mass is 353 g/mol. The number of hydrogen-bond donors (Lipinski definition) is 3. The highest BCUT2D eigenvalue weighted by Crippen LogP contribution is 2.28. The molecule has 0 fully saturated rings. The van der Waals surface area contributed by atoms with Crippen LogP contribution in [0.5, 0.6) is 0 Å². The Kier molecular flexibility index (Phi) is 3.43. The van der Waals surface area contributed by atoms with Crippen molar-refractivity contribution in [2.75, 3.05) is 11.1 Å². The molecule has 3 heterocycles. The van der Waals surface area contributed by atoms with E-state index in [0.717, 1.165) is 38.6 Å². The third-order valence-electron chi connectivity index (χ3n) is 4.43. The van der Waals surface area contributed by atoms with Gasteiger partial charge in [0.2, 0.25) is 5.95 Å². The molecule has 27 heavy (non-hydrogen) atoms. The van der Waals surface area contributed by atoms with Crippen LogP contribution in [0.15, 0.2) is 67.1 Å². The summed E-state index contributed by atoms with van der Waals surface area (Å²) in [6.07, 6.45) is 5.29. The van der Waals surface area contributed by atoms with Gasteiger partial charge in [-0.05, 0) is 42.0 Å². The molecule has 130 valence electrons. The number of fused-ring (bicyclic) bond motifs is 2. The standard InChI is InChI=1S/C20H15N7/c21-19-16(12-4-6-17-13(8-12)2-1-7-22-17)11-23-20(26-19)25-15-5-3-14-10-24-27-18(14)9-15/h1-11H,(H,24,27)(H3,21,23,25,26). The molecule has 3 aromatic heterocycles. The van der Waals surface area contributed by atoms with Gasteiger partial charge in [0.15, 0.2) is 0 Å². The minimum absolute atomic E-state index is 0.415. The van der Waals surface area contributed by atoms with E-state index in [1.54, 1.807) is 18.6 Å². The van der Waals surface area contributed by atoms with Crippen molar-refractivity contribution in [3.05, 3.63) is 67.1 Å². The first-order chi connectivity index (χ1) is 13.3. The zero-order valence-corrected chi connectivity index (χ0v) is 14.2. The molecule has 4 N–H and O–H groups in total. The van der Waals surface area contributed by atoms with Crippen molar-refractivity contribution < 1.29 is 0 Å². The topological polar surface area (TPSA) is 105 Å². The maximum absolute atomic E-state index is 6.20. The second-order valence-corrected chi connectivity index (χ2v) is 6.20. The molecule has 0 spiro atoms. The second-order valence-electron chi connectivity index (χ2n) is 6.20. The number of benzene rings is 2. The summed E-state index contributed by atoms with van der Waals surface area (Å²) in [5.74, 6) is 0.857. The first-order valence-corrected chi connectivity index (χ1v) is 8.44. The Bertz CT molecular complexity index is 1280. The summed E-state index contributed by atoms with van der Waals surface area (Å²) < 4.78 is 0. The molecule has 0 saturated heterocycles. The number of hydrogen-bond acceptors (Lipinski definition) is 6. The van der Waals surface area contributed by atoms with Gasteiger partial charge in [-0.25, -0.2) is 4.98 Å². The number of nitrogens with two attached hydrogens (primary N) is 1. The van der Waals surface area contributed by atoms with Crippen LogP contribution in [0.4, 0.5) is 17.5 Å². The Morgan fingerprint density at radius 2 is 1.89 bits per heavy atom. The molecule has 2 aromatic carbocycles. The lowest BCUT2D eigenvalue weighted by molar-refractivity contribution is 1.12. The van der Waals surface area contributed by atoms with Gasteiger partial charge in [-0.15, -0.1) is 0 Å². The van der Waals surface area contributed by atoms with Crippen molar-refractivity contribution in [3.8, 4) is 11.1 Å². The van der Waals surface area contributed by atoms with Crippen LogP contribution in [0, 0.1) is 0 Å². The molecule has 5 aromatic rings. The van der Waals surface area contributed by atoms with Crippen LogP contribution in [0.3, 0.4) is 0 Å². The van der Waals surface area contributed by atoms with E-state index in [4.69, 9.17) is 5.73 Å². The fourth-order valence-electron chi connectivity index (χ4n) is 3.06. The van der Waals surface area contributed by atoms with Crippen molar-refractivity contribution in [2.24, 2.45) is 0 Å². The minimum Gasteiger partial charge on any atom is -0.383 e. The van der Waals surface area contributed by atoms with Crippen LogP contribution >= 0.6 is 0 Å². The summed E-state index contributed by atoms with van der Waals surface area (Å²) in [7, 11) is 0. The van der Waals surface area contributed by atoms with Gasteiger partial charge in [0.25, 0.3) is 0 Å². The van der Waals surface area contributed by atoms with E-state index < -0.39 is 0 Å². The summed E-state index contributed by atoms with van der Waals surface area (Å²) in [5, 5.41) is 12.2. The molecule has 0 aliphatic carbocycles. The molecule has 0 radical (unpaired) electrons. The summed E-state index contributed by atoms with van der Waals surface area (Å²) in [6, 6.07) is 15.8. The van der Waals surface area contributed by atoms with Crippen LogP contribution in [-0.4, -0.2) is 25.1 Å². The third-order valence-corrected chi connectivity index (χ3v) is 4.43. The molecular weight excluding hydrogens is 338 g/mol. The van der Waals surface area contributed by atoms with Crippen molar-refractivity contribution in [3.63, 3.8) is 0 Å². The highest BCUT2D eigenvalue weighted by molar-refractivity contribution is 5.86. The highest BCUT2D eigenvalue weighted by Gasteiger charge is 2.08. The largest absolute Gasteiger partial charge is 0.383 e. The number of nitrogen functional groups attached to an aromatic ring is 1. The van der Waals surface area contributed by atoms with E-state index in [2.05, 4.69) is 30.5 Å². The summed E-state index contributed by atoms with van der Waals surface area (Å²) in [5.41, 5.74) is 10.7. The minimum atomic E-state index is 0.415. The Hall–Kier alpha value is -4.00. The second kappa shape index (κ2) is 6.06. The number of nitrogens with zero attached hydrogens (tertiary/aromatic N) is 4. The van der Waals surface area contributed by atoms with E-state index in [-0.39, 0.29) is 0 Å². The number of aromatic amines is 1. The van der Waals surface area contributed by atoms with Gasteiger partial charge >= 0.3 is 0 Å². The third kappa shape index (κ3) is 2.81. The molecule has 5 rings (SSSR count). The summed E-state index contributed by atoms with van der Waals surface area (Å²) in [4.78, 5) is 13.2. The van der Waals surface area contributed by atoms with Crippen LogP contribution in [0.25, 0.3) is 32.9 Å². The fourth-order valence-corrected chi connectivity index (χ4v) is 3.06. The van der Waals surface area contributed by atoms with Gasteiger partial charge < -0.3 is 11.1 Å². The van der Waals surface area contributed by atoms with E-state index >= 15 is 0 Å². The van der Waals surface area contributed by atoms with Crippen LogP contribution in [0.1, 0.15) is 0 Å². The first-order valence-electron chi connectivity index (χ1n) is 8.44. The lowest BCUT2D eigenvalue weighted by atomic mass is 10.1. The molecule has 0 saturated carbocycles. The van der Waals surface area contributed by atoms with Crippen molar-refractivity contribution >= 4 is 39.3 Å². The first kappa shape index (κ1) is 15.3. The van der Waals surface area contributed by atoms with Crippen molar-refractivity contribution in [2.45, 2.75) is 0 Å². The van der Waals surface area contributed by atoms with E-state index in [1.165, 1.54) is 0 Å². The number of rotatable bonds is 3. The Morgan fingerprint density at radius 3 is 2.81 bits per heavy atom.